The minimum absolute atomic E-state index is 0. The molecule has 0 aliphatic rings. The van der Waals surface area contributed by atoms with Gasteiger partial charge < -0.3 is 4.55 Å². The van der Waals surface area contributed by atoms with Crippen LogP contribution >= 0.6 is 0 Å². The second kappa shape index (κ2) is 17.1. The van der Waals surface area contributed by atoms with Crippen LogP contribution in [0.15, 0.2) is 35.2 Å². The van der Waals surface area contributed by atoms with E-state index in [1.807, 2.05) is 12.1 Å². The Labute approximate surface area is 225 Å². The Kier molecular flexibility index (Phi) is 15.9. The zero-order valence-corrected chi connectivity index (χ0v) is 24.1. The van der Waals surface area contributed by atoms with E-state index in [2.05, 4.69) is 26.0 Å². The summed E-state index contributed by atoms with van der Waals surface area (Å²) in [5.41, 5.74) is 2.01. The van der Waals surface area contributed by atoms with Gasteiger partial charge in [0, 0.05) is 0 Å². The van der Waals surface area contributed by atoms with Gasteiger partial charge in [-0.15, -0.1) is 0 Å². The van der Waals surface area contributed by atoms with Gasteiger partial charge in [0.25, 0.3) is 0 Å². The molecule has 3 nitrogen and oxygen atoms in total. The molecular weight excluding hydrogens is 439 g/mol. The molecule has 0 saturated heterocycles. The first-order chi connectivity index (χ1) is 15.5. The van der Waals surface area contributed by atoms with Crippen molar-refractivity contribution in [2.24, 2.45) is 0 Å². The Morgan fingerprint density at radius 1 is 0.667 bits per heavy atom. The van der Waals surface area contributed by atoms with Crippen LogP contribution in [0.4, 0.5) is 0 Å². The van der Waals surface area contributed by atoms with E-state index >= 15 is 0 Å². The molecule has 0 radical (unpaired) electrons. The van der Waals surface area contributed by atoms with E-state index in [1.54, 1.807) is 0 Å². The van der Waals surface area contributed by atoms with E-state index in [-0.39, 0.29) is 34.5 Å². The zero-order chi connectivity index (χ0) is 23.2. The van der Waals surface area contributed by atoms with Crippen LogP contribution in [-0.4, -0.2) is 13.0 Å². The molecule has 0 heterocycles. The van der Waals surface area contributed by atoms with E-state index in [9.17, 15) is 13.0 Å². The second-order valence-electron chi connectivity index (χ2n) is 9.29. The van der Waals surface area contributed by atoms with Crippen LogP contribution in [0.25, 0.3) is 10.8 Å². The van der Waals surface area contributed by atoms with Gasteiger partial charge in [0.2, 0.25) is 0 Å². The van der Waals surface area contributed by atoms with Crippen LogP contribution in [0.1, 0.15) is 115 Å². The normalized spacial score (nSPS) is 11.6. The molecule has 0 bridgehead atoms. The number of hydrogen-bond acceptors (Lipinski definition) is 3. The van der Waals surface area contributed by atoms with Gasteiger partial charge in [0.15, 0.2) is 0 Å². The van der Waals surface area contributed by atoms with Gasteiger partial charge in [0.1, 0.15) is 10.1 Å². The van der Waals surface area contributed by atoms with Gasteiger partial charge in [-0.25, -0.2) is 8.42 Å². The van der Waals surface area contributed by atoms with Crippen LogP contribution in [0.2, 0.25) is 0 Å². The zero-order valence-electron chi connectivity index (χ0n) is 21.3. The molecule has 0 aliphatic carbocycles. The van der Waals surface area contributed by atoms with Crippen LogP contribution in [0, 0.1) is 0 Å². The average Bonchev–Trinajstić information content (AvgIpc) is 2.76. The van der Waals surface area contributed by atoms with Crippen molar-refractivity contribution >= 4 is 20.9 Å². The fourth-order valence-electron chi connectivity index (χ4n) is 4.62. The SMILES string of the molecule is CCCCCCCCCc1ccc2c(CCCCCCCCC)c(S(=O)(=O)[O-])ccc2c1.[Na+]. The Hall–Kier alpha value is -0.390. The molecule has 0 saturated carbocycles. The Morgan fingerprint density at radius 3 is 1.73 bits per heavy atom. The van der Waals surface area contributed by atoms with Gasteiger partial charge in [-0.05, 0) is 53.6 Å². The van der Waals surface area contributed by atoms with E-state index in [1.165, 1.54) is 88.7 Å². The third-order valence-corrected chi connectivity index (χ3v) is 7.44. The molecule has 180 valence electrons. The number of rotatable bonds is 17. The predicted octanol–water partition coefficient (Wildman–Crippen LogP) is 5.33. The van der Waals surface area contributed by atoms with Gasteiger partial charge in [-0.2, -0.15) is 0 Å². The summed E-state index contributed by atoms with van der Waals surface area (Å²) in [6.07, 6.45) is 19.0. The van der Waals surface area contributed by atoms with E-state index in [4.69, 9.17) is 0 Å². The number of fused-ring (bicyclic) bond motifs is 1. The topological polar surface area (TPSA) is 57.2 Å². The van der Waals surface area contributed by atoms with Crippen LogP contribution in [0.3, 0.4) is 0 Å². The van der Waals surface area contributed by atoms with Crippen molar-refractivity contribution in [2.75, 3.05) is 0 Å². The standard InChI is InChI=1S/C28H44O3S.Na/c1-3-5-7-9-11-13-15-17-24-19-21-26-25(23-24)20-22-28(32(29,30)31)27(26)18-16-14-12-10-8-6-4-2;/h19-23H,3-18H2,1-2H3,(H,29,30,31);/q;+1/p-1. The molecule has 33 heavy (non-hydrogen) atoms. The van der Waals surface area contributed by atoms with E-state index < -0.39 is 10.1 Å². The van der Waals surface area contributed by atoms with Crippen molar-refractivity contribution < 1.29 is 42.5 Å². The molecule has 0 atom stereocenters. The summed E-state index contributed by atoms with van der Waals surface area (Å²) in [7, 11) is -4.47. The predicted molar refractivity (Wildman–Crippen MR) is 135 cm³/mol. The molecule has 2 aromatic rings. The molecule has 0 aliphatic heterocycles. The van der Waals surface area contributed by atoms with Crippen molar-refractivity contribution in [1.29, 1.82) is 0 Å². The molecule has 2 rings (SSSR count). The van der Waals surface area contributed by atoms with Gasteiger partial charge in [-0.3, -0.25) is 0 Å². The molecule has 0 amide bonds. The summed E-state index contributed by atoms with van der Waals surface area (Å²) in [5.74, 6) is 0. The van der Waals surface area contributed by atoms with Crippen molar-refractivity contribution in [3.8, 4) is 0 Å². The largest absolute Gasteiger partial charge is 1.00 e. The van der Waals surface area contributed by atoms with Gasteiger partial charge >= 0.3 is 29.6 Å². The second-order valence-corrected chi connectivity index (χ2v) is 10.6. The molecule has 0 unspecified atom stereocenters. The monoisotopic (exact) mass is 482 g/mol. The molecule has 0 aromatic heterocycles. The van der Waals surface area contributed by atoms with Crippen molar-refractivity contribution in [2.45, 2.75) is 121 Å². The first kappa shape index (κ1) is 30.6. The Morgan fingerprint density at radius 2 is 1.18 bits per heavy atom. The number of aryl methyl sites for hydroxylation is 2. The third kappa shape index (κ3) is 11.3. The maximum atomic E-state index is 11.9. The average molecular weight is 483 g/mol. The van der Waals surface area contributed by atoms with Crippen molar-refractivity contribution in [3.63, 3.8) is 0 Å². The third-order valence-electron chi connectivity index (χ3n) is 6.52. The first-order valence-electron chi connectivity index (χ1n) is 13.0. The number of benzene rings is 2. The first-order valence-corrected chi connectivity index (χ1v) is 14.4. The summed E-state index contributed by atoms with van der Waals surface area (Å²) >= 11 is 0. The molecule has 5 heteroatoms. The Balaban J connectivity index is 0.00000544. The minimum atomic E-state index is -4.47. The maximum Gasteiger partial charge on any atom is 1.00 e. The molecule has 0 fully saturated rings. The van der Waals surface area contributed by atoms with Crippen molar-refractivity contribution in [1.82, 2.24) is 0 Å². The molecule has 0 spiro atoms. The fraction of sp³-hybridized carbons (Fsp3) is 0.643. The molecular formula is C28H43NaO3S. The van der Waals surface area contributed by atoms with E-state index in [0.717, 1.165) is 30.0 Å². The van der Waals surface area contributed by atoms with Crippen LogP contribution < -0.4 is 29.6 Å². The quantitative estimate of drug-likeness (QED) is 0.174. The summed E-state index contributed by atoms with van der Waals surface area (Å²) in [5, 5.41) is 1.98. The van der Waals surface area contributed by atoms with E-state index in [0.29, 0.717) is 12.0 Å². The number of hydrogen-bond donors (Lipinski definition) is 0. The van der Waals surface area contributed by atoms with Crippen LogP contribution in [0.5, 0.6) is 0 Å². The van der Waals surface area contributed by atoms with Crippen molar-refractivity contribution in [3.05, 3.63) is 41.5 Å². The minimum Gasteiger partial charge on any atom is -0.744 e. The summed E-state index contributed by atoms with van der Waals surface area (Å²) < 4.78 is 35.7. The van der Waals surface area contributed by atoms with Crippen LogP contribution in [-0.2, 0) is 23.0 Å². The summed E-state index contributed by atoms with van der Waals surface area (Å²) in [6, 6.07) is 9.68. The molecule has 0 N–H and O–H groups in total. The van der Waals surface area contributed by atoms with Gasteiger partial charge in [0.05, 0.1) is 4.90 Å². The smallest absolute Gasteiger partial charge is 0.744 e. The number of unbranched alkanes of at least 4 members (excludes halogenated alkanes) is 12. The fourth-order valence-corrected chi connectivity index (χ4v) is 5.36. The molecule has 2 aromatic carbocycles. The Bertz CT molecular complexity index is 909. The summed E-state index contributed by atoms with van der Waals surface area (Å²) in [4.78, 5) is -0.0317. The maximum absolute atomic E-state index is 11.9. The van der Waals surface area contributed by atoms with Gasteiger partial charge in [-0.1, -0.05) is 115 Å². The summed E-state index contributed by atoms with van der Waals surface area (Å²) in [6.45, 7) is 4.46.